The van der Waals surface area contributed by atoms with E-state index in [1.165, 1.54) is 12.8 Å². The Bertz CT molecular complexity index is 341. The van der Waals surface area contributed by atoms with Gasteiger partial charge in [0.05, 0.1) is 0 Å². The summed E-state index contributed by atoms with van der Waals surface area (Å²) >= 11 is 0. The molecule has 1 amide bonds. The fourth-order valence-electron chi connectivity index (χ4n) is 1.49. The van der Waals surface area contributed by atoms with Gasteiger partial charge in [0.15, 0.2) is 0 Å². The quantitative estimate of drug-likeness (QED) is 0.733. The molecule has 0 radical (unpaired) electrons. The Morgan fingerprint density at radius 1 is 1.33 bits per heavy atom. The Morgan fingerprint density at radius 2 is 2.00 bits per heavy atom. The third-order valence-electron chi connectivity index (χ3n) is 2.64. The number of anilines is 1. The zero-order chi connectivity index (χ0) is 10.7. The van der Waals surface area contributed by atoms with Gasteiger partial charge in [0.25, 0.3) is 0 Å². The van der Waals surface area contributed by atoms with E-state index in [1.807, 2.05) is 24.3 Å². The van der Waals surface area contributed by atoms with Gasteiger partial charge in [0, 0.05) is 18.7 Å². The molecular formula is C12H16N2O. The van der Waals surface area contributed by atoms with Gasteiger partial charge >= 0.3 is 0 Å². The zero-order valence-corrected chi connectivity index (χ0v) is 8.70. The fourth-order valence-corrected chi connectivity index (χ4v) is 1.49. The summed E-state index contributed by atoms with van der Waals surface area (Å²) in [7, 11) is 0. The number of nitrogens with one attached hydrogen (secondary N) is 1. The number of nitrogen functional groups attached to an aromatic ring is 1. The molecule has 0 unspecified atom stereocenters. The van der Waals surface area contributed by atoms with Crippen molar-refractivity contribution in [2.45, 2.75) is 25.8 Å². The molecule has 1 aromatic carbocycles. The lowest BCUT2D eigenvalue weighted by atomic mass is 10.2. The van der Waals surface area contributed by atoms with Crippen molar-refractivity contribution < 1.29 is 4.79 Å². The summed E-state index contributed by atoms with van der Waals surface area (Å²) in [6, 6.07) is 7.57. The van der Waals surface area contributed by atoms with Crippen molar-refractivity contribution in [1.29, 1.82) is 0 Å². The molecule has 0 spiro atoms. The lowest BCUT2D eigenvalue weighted by molar-refractivity contribution is -0.121. The number of carbonyl (C=O) groups is 1. The van der Waals surface area contributed by atoms with Crippen LogP contribution in [0.25, 0.3) is 0 Å². The molecule has 15 heavy (non-hydrogen) atoms. The Balaban J connectivity index is 1.76. The second-order valence-corrected chi connectivity index (χ2v) is 4.17. The average molecular weight is 204 g/mol. The first-order valence-electron chi connectivity index (χ1n) is 5.35. The summed E-state index contributed by atoms with van der Waals surface area (Å²) in [5.74, 6) is 0.811. The van der Waals surface area contributed by atoms with Gasteiger partial charge in [0.2, 0.25) is 5.91 Å². The normalized spacial score (nSPS) is 14.9. The van der Waals surface area contributed by atoms with Crippen LogP contribution in [0.5, 0.6) is 0 Å². The van der Waals surface area contributed by atoms with Crippen LogP contribution in [0.2, 0.25) is 0 Å². The molecule has 0 heterocycles. The van der Waals surface area contributed by atoms with Gasteiger partial charge in [-0.1, -0.05) is 12.1 Å². The van der Waals surface area contributed by atoms with Crippen LogP contribution < -0.4 is 11.1 Å². The van der Waals surface area contributed by atoms with Gasteiger partial charge in [-0.2, -0.15) is 0 Å². The van der Waals surface area contributed by atoms with Crippen LogP contribution in [0, 0.1) is 5.92 Å². The van der Waals surface area contributed by atoms with Crippen LogP contribution in [0.15, 0.2) is 24.3 Å². The maximum Gasteiger partial charge on any atom is 0.220 e. The Morgan fingerprint density at radius 3 is 2.60 bits per heavy atom. The highest BCUT2D eigenvalue weighted by Gasteiger charge is 2.23. The molecule has 0 atom stereocenters. The standard InChI is InChI=1S/C12H16N2O/c13-11-5-3-10(4-6-11)8-14-12(15)7-9-1-2-9/h3-6,9H,1-2,7-8,13H2,(H,14,15). The predicted molar refractivity (Wildman–Crippen MR) is 60.0 cm³/mol. The van der Waals surface area contributed by atoms with E-state index in [0.29, 0.717) is 18.9 Å². The minimum Gasteiger partial charge on any atom is -0.399 e. The van der Waals surface area contributed by atoms with E-state index < -0.39 is 0 Å². The van der Waals surface area contributed by atoms with E-state index in [2.05, 4.69) is 5.32 Å². The van der Waals surface area contributed by atoms with Crippen molar-refractivity contribution in [2.75, 3.05) is 5.73 Å². The first kappa shape index (κ1) is 10.0. The monoisotopic (exact) mass is 204 g/mol. The van der Waals surface area contributed by atoms with E-state index in [-0.39, 0.29) is 5.91 Å². The highest BCUT2D eigenvalue weighted by Crippen LogP contribution is 2.32. The lowest BCUT2D eigenvalue weighted by Gasteiger charge is -2.04. The molecule has 1 saturated carbocycles. The first-order valence-corrected chi connectivity index (χ1v) is 5.35. The highest BCUT2D eigenvalue weighted by molar-refractivity contribution is 5.76. The summed E-state index contributed by atoms with van der Waals surface area (Å²) in [4.78, 5) is 11.4. The van der Waals surface area contributed by atoms with Gasteiger partial charge in [-0.25, -0.2) is 0 Å². The van der Waals surface area contributed by atoms with Crippen molar-refractivity contribution in [3.63, 3.8) is 0 Å². The number of nitrogens with two attached hydrogens (primary N) is 1. The fraction of sp³-hybridized carbons (Fsp3) is 0.417. The summed E-state index contributed by atoms with van der Waals surface area (Å²) in [6.07, 6.45) is 3.12. The van der Waals surface area contributed by atoms with Gasteiger partial charge in [-0.15, -0.1) is 0 Å². The van der Waals surface area contributed by atoms with Crippen molar-refractivity contribution in [3.8, 4) is 0 Å². The second-order valence-electron chi connectivity index (χ2n) is 4.17. The zero-order valence-electron chi connectivity index (χ0n) is 8.70. The van der Waals surface area contributed by atoms with Crippen LogP contribution in [0.4, 0.5) is 5.69 Å². The molecule has 3 heteroatoms. The Labute approximate surface area is 89.7 Å². The topological polar surface area (TPSA) is 55.1 Å². The van der Waals surface area contributed by atoms with Crippen molar-refractivity contribution >= 4 is 11.6 Å². The summed E-state index contributed by atoms with van der Waals surface area (Å²) in [5.41, 5.74) is 7.41. The van der Waals surface area contributed by atoms with Crippen LogP contribution in [-0.4, -0.2) is 5.91 Å². The molecule has 0 bridgehead atoms. The maximum atomic E-state index is 11.4. The average Bonchev–Trinajstić information content (AvgIpc) is 3.01. The molecule has 80 valence electrons. The number of carbonyl (C=O) groups excluding carboxylic acids is 1. The Hall–Kier alpha value is -1.51. The lowest BCUT2D eigenvalue weighted by Crippen LogP contribution is -2.22. The largest absolute Gasteiger partial charge is 0.399 e. The van der Waals surface area contributed by atoms with Crippen LogP contribution in [0.3, 0.4) is 0 Å². The molecule has 0 aliphatic heterocycles. The molecule has 3 N–H and O–H groups in total. The van der Waals surface area contributed by atoms with E-state index in [0.717, 1.165) is 11.3 Å². The van der Waals surface area contributed by atoms with E-state index in [4.69, 9.17) is 5.73 Å². The minimum atomic E-state index is 0.161. The molecule has 3 nitrogen and oxygen atoms in total. The number of amides is 1. The van der Waals surface area contributed by atoms with E-state index >= 15 is 0 Å². The number of rotatable bonds is 4. The predicted octanol–water partition coefficient (Wildman–Crippen LogP) is 1.69. The van der Waals surface area contributed by atoms with E-state index in [1.54, 1.807) is 0 Å². The van der Waals surface area contributed by atoms with E-state index in [9.17, 15) is 4.79 Å². The summed E-state index contributed by atoms with van der Waals surface area (Å²) < 4.78 is 0. The van der Waals surface area contributed by atoms with Gasteiger partial charge in [-0.3, -0.25) is 4.79 Å². The SMILES string of the molecule is Nc1ccc(CNC(=O)CC2CC2)cc1. The number of hydrogen-bond acceptors (Lipinski definition) is 2. The van der Waals surface area contributed by atoms with Gasteiger partial charge in [-0.05, 0) is 36.5 Å². The second kappa shape index (κ2) is 4.34. The van der Waals surface area contributed by atoms with Crippen LogP contribution in [0.1, 0.15) is 24.8 Å². The molecule has 1 aromatic rings. The maximum absolute atomic E-state index is 11.4. The van der Waals surface area contributed by atoms with Crippen molar-refractivity contribution in [3.05, 3.63) is 29.8 Å². The molecular weight excluding hydrogens is 188 g/mol. The van der Waals surface area contributed by atoms with Gasteiger partial charge < -0.3 is 11.1 Å². The molecule has 1 aliphatic rings. The number of hydrogen-bond donors (Lipinski definition) is 2. The van der Waals surface area contributed by atoms with Gasteiger partial charge in [0.1, 0.15) is 0 Å². The molecule has 1 fully saturated rings. The van der Waals surface area contributed by atoms with Crippen molar-refractivity contribution in [1.82, 2.24) is 5.32 Å². The molecule has 0 aromatic heterocycles. The highest BCUT2D eigenvalue weighted by atomic mass is 16.1. The molecule has 1 aliphatic carbocycles. The van der Waals surface area contributed by atoms with Crippen LogP contribution >= 0.6 is 0 Å². The summed E-state index contributed by atoms with van der Waals surface area (Å²) in [6.45, 7) is 0.603. The van der Waals surface area contributed by atoms with Crippen LogP contribution in [-0.2, 0) is 11.3 Å². The van der Waals surface area contributed by atoms with Crippen molar-refractivity contribution in [2.24, 2.45) is 5.92 Å². The third-order valence-corrected chi connectivity index (χ3v) is 2.64. The molecule has 2 rings (SSSR count). The minimum absolute atomic E-state index is 0.161. The Kier molecular flexibility index (Phi) is 2.90. The number of benzene rings is 1. The molecule has 0 saturated heterocycles. The summed E-state index contributed by atoms with van der Waals surface area (Å²) in [5, 5.41) is 2.91. The third kappa shape index (κ3) is 3.27. The first-order chi connectivity index (χ1) is 7.24. The smallest absolute Gasteiger partial charge is 0.220 e.